The molecule has 1 fully saturated rings. The minimum absolute atomic E-state index is 0.185. The molecule has 2 aromatic heterocycles. The average molecular weight is 473 g/mol. The number of pyridine rings is 1. The lowest BCUT2D eigenvalue weighted by Crippen LogP contribution is -2.33. The number of urea groups is 1. The number of hydroxylamine groups is 2. The summed E-state index contributed by atoms with van der Waals surface area (Å²) < 4.78 is 5.38. The molecule has 35 heavy (non-hydrogen) atoms. The van der Waals surface area contributed by atoms with E-state index in [4.69, 9.17) is 9.57 Å². The average Bonchev–Trinajstić information content (AvgIpc) is 3.56. The molecular formula is C25H24N6O4. The van der Waals surface area contributed by atoms with E-state index in [1.165, 1.54) is 12.2 Å². The molecule has 0 bridgehead atoms. The van der Waals surface area contributed by atoms with E-state index in [0.717, 1.165) is 16.7 Å². The van der Waals surface area contributed by atoms with E-state index >= 15 is 0 Å². The summed E-state index contributed by atoms with van der Waals surface area (Å²) in [6.07, 6.45) is 2.36. The summed E-state index contributed by atoms with van der Waals surface area (Å²) in [5.74, 6) is 0.0140. The monoisotopic (exact) mass is 472 g/mol. The van der Waals surface area contributed by atoms with E-state index in [1.54, 1.807) is 19.3 Å². The second kappa shape index (κ2) is 9.43. The normalized spacial score (nSPS) is 15.3. The molecule has 1 saturated heterocycles. The van der Waals surface area contributed by atoms with E-state index in [2.05, 4.69) is 25.8 Å². The molecule has 1 aliphatic heterocycles. The van der Waals surface area contributed by atoms with Crippen LogP contribution in [0.4, 0.5) is 10.5 Å². The number of aromatic amines is 1. The highest BCUT2D eigenvalue weighted by molar-refractivity contribution is 6.05. The summed E-state index contributed by atoms with van der Waals surface area (Å²) in [7, 11) is 3.05. The number of anilines is 1. The molecule has 10 nitrogen and oxygen atoms in total. The highest BCUT2D eigenvalue weighted by atomic mass is 16.7. The number of fused-ring (bicyclic) bond motifs is 1. The SMILES string of the molecule is CNC(=O)c1n[nH]c2cc(-c3cnc(OC)c(NC(=O)N4OCC[C@H]4c4ccccc4)c3)ccc12. The Morgan fingerprint density at radius 2 is 1.97 bits per heavy atom. The lowest BCUT2D eigenvalue weighted by molar-refractivity contribution is -0.0830. The number of carbonyl (C=O) groups excluding carboxylic acids is 2. The lowest BCUT2D eigenvalue weighted by atomic mass is 10.0. The van der Waals surface area contributed by atoms with Crippen LogP contribution in [-0.2, 0) is 4.84 Å². The second-order valence-corrected chi connectivity index (χ2v) is 8.00. The molecule has 1 atom stereocenters. The number of methoxy groups -OCH3 is 1. The summed E-state index contributed by atoms with van der Waals surface area (Å²) in [6.45, 7) is 0.449. The van der Waals surface area contributed by atoms with E-state index in [0.29, 0.717) is 35.3 Å². The third kappa shape index (κ3) is 4.26. The molecule has 5 rings (SSSR count). The molecule has 0 radical (unpaired) electrons. The first kappa shape index (κ1) is 22.4. The zero-order chi connectivity index (χ0) is 24.4. The van der Waals surface area contributed by atoms with Gasteiger partial charge in [-0.3, -0.25) is 14.7 Å². The maximum absolute atomic E-state index is 13.1. The zero-order valence-corrected chi connectivity index (χ0v) is 19.2. The van der Waals surface area contributed by atoms with Crippen molar-refractivity contribution in [2.24, 2.45) is 0 Å². The number of hydrogen-bond acceptors (Lipinski definition) is 6. The van der Waals surface area contributed by atoms with E-state index in [9.17, 15) is 9.59 Å². The first-order chi connectivity index (χ1) is 17.1. The molecule has 2 aromatic carbocycles. The Hall–Kier alpha value is -4.44. The van der Waals surface area contributed by atoms with Gasteiger partial charge in [-0.15, -0.1) is 0 Å². The Balaban J connectivity index is 1.42. The van der Waals surface area contributed by atoms with Crippen molar-refractivity contribution in [3.05, 3.63) is 72.1 Å². The largest absolute Gasteiger partial charge is 0.480 e. The number of nitrogens with zero attached hydrogens (tertiary/aromatic N) is 3. The van der Waals surface area contributed by atoms with Gasteiger partial charge < -0.3 is 15.4 Å². The van der Waals surface area contributed by atoms with E-state index in [1.807, 2.05) is 48.5 Å². The van der Waals surface area contributed by atoms with Gasteiger partial charge in [0.2, 0.25) is 5.88 Å². The third-order valence-corrected chi connectivity index (χ3v) is 5.91. The third-order valence-electron chi connectivity index (χ3n) is 5.91. The van der Waals surface area contributed by atoms with Crippen molar-refractivity contribution < 1.29 is 19.2 Å². The van der Waals surface area contributed by atoms with Gasteiger partial charge in [0.1, 0.15) is 5.69 Å². The van der Waals surface area contributed by atoms with Crippen molar-refractivity contribution in [3.63, 3.8) is 0 Å². The van der Waals surface area contributed by atoms with Crippen LogP contribution in [0.1, 0.15) is 28.5 Å². The summed E-state index contributed by atoms with van der Waals surface area (Å²) >= 11 is 0. The zero-order valence-electron chi connectivity index (χ0n) is 19.2. The van der Waals surface area contributed by atoms with Gasteiger partial charge in [-0.2, -0.15) is 10.2 Å². The number of ether oxygens (including phenoxy) is 1. The van der Waals surface area contributed by atoms with Crippen molar-refractivity contribution in [1.82, 2.24) is 25.6 Å². The molecule has 0 saturated carbocycles. The van der Waals surface area contributed by atoms with Crippen LogP contribution in [0.3, 0.4) is 0 Å². The van der Waals surface area contributed by atoms with Crippen molar-refractivity contribution >= 4 is 28.5 Å². The molecule has 3 amide bonds. The number of carbonyl (C=O) groups is 2. The maximum atomic E-state index is 13.1. The number of nitrogens with one attached hydrogen (secondary N) is 3. The van der Waals surface area contributed by atoms with Crippen LogP contribution in [0.25, 0.3) is 22.0 Å². The smallest absolute Gasteiger partial charge is 0.346 e. The first-order valence-corrected chi connectivity index (χ1v) is 11.1. The van der Waals surface area contributed by atoms with Gasteiger partial charge in [-0.05, 0) is 29.3 Å². The molecule has 4 aromatic rings. The minimum Gasteiger partial charge on any atom is -0.480 e. The first-order valence-electron chi connectivity index (χ1n) is 11.1. The Labute approximate surface area is 201 Å². The maximum Gasteiger partial charge on any atom is 0.346 e. The molecule has 1 aliphatic rings. The highest BCUT2D eigenvalue weighted by Crippen LogP contribution is 2.33. The predicted octanol–water partition coefficient (Wildman–Crippen LogP) is 3.90. The van der Waals surface area contributed by atoms with Crippen molar-refractivity contribution in [3.8, 4) is 17.0 Å². The number of benzene rings is 2. The molecule has 3 heterocycles. The minimum atomic E-state index is -0.409. The number of amides is 3. The van der Waals surface area contributed by atoms with Gasteiger partial charge in [-0.1, -0.05) is 36.4 Å². The summed E-state index contributed by atoms with van der Waals surface area (Å²) in [4.78, 5) is 35.2. The number of aromatic nitrogens is 3. The molecule has 10 heteroatoms. The summed E-state index contributed by atoms with van der Waals surface area (Å²) in [5, 5.41) is 14.5. The molecule has 178 valence electrons. The van der Waals surface area contributed by atoms with Crippen LogP contribution in [-0.4, -0.2) is 52.9 Å². The molecule has 0 unspecified atom stereocenters. The Morgan fingerprint density at radius 1 is 1.14 bits per heavy atom. The second-order valence-electron chi connectivity index (χ2n) is 8.00. The van der Waals surface area contributed by atoms with Gasteiger partial charge >= 0.3 is 6.03 Å². The van der Waals surface area contributed by atoms with Crippen LogP contribution >= 0.6 is 0 Å². The van der Waals surface area contributed by atoms with Crippen molar-refractivity contribution in [2.45, 2.75) is 12.5 Å². The quantitative estimate of drug-likeness (QED) is 0.405. The molecule has 0 spiro atoms. The summed E-state index contributed by atoms with van der Waals surface area (Å²) in [5.41, 5.74) is 4.03. The summed E-state index contributed by atoms with van der Waals surface area (Å²) in [6, 6.07) is 16.5. The van der Waals surface area contributed by atoms with Crippen LogP contribution in [0, 0.1) is 0 Å². The number of H-pyrrole nitrogens is 1. The van der Waals surface area contributed by atoms with Crippen LogP contribution in [0.15, 0.2) is 60.8 Å². The molecular weight excluding hydrogens is 448 g/mol. The standard InChI is InChI=1S/C25H24N6O4/c1-26-23(32)22-18-9-8-16(12-19(18)29-30-22)17-13-20(24(34-2)27-14-17)28-25(33)31-21(10-11-35-31)15-6-4-3-5-7-15/h3-9,12-14,21H,10-11H2,1-2H3,(H,26,32)(H,28,33)(H,29,30)/t21-/m0/s1. The Kier molecular flexibility index (Phi) is 6.02. The van der Waals surface area contributed by atoms with Crippen LogP contribution in [0.5, 0.6) is 5.88 Å². The van der Waals surface area contributed by atoms with E-state index < -0.39 is 6.03 Å². The fraction of sp³-hybridized carbons (Fsp3) is 0.200. The number of hydrogen-bond donors (Lipinski definition) is 3. The Bertz CT molecular complexity index is 1390. The molecule has 3 N–H and O–H groups in total. The highest BCUT2D eigenvalue weighted by Gasteiger charge is 2.32. The number of rotatable bonds is 5. The van der Waals surface area contributed by atoms with Crippen LogP contribution < -0.4 is 15.4 Å². The van der Waals surface area contributed by atoms with Gasteiger partial charge in [0.15, 0.2) is 5.69 Å². The lowest BCUT2D eigenvalue weighted by Gasteiger charge is -2.23. The topological polar surface area (TPSA) is 121 Å². The van der Waals surface area contributed by atoms with Gasteiger partial charge in [-0.25, -0.2) is 9.78 Å². The molecule has 0 aliphatic carbocycles. The predicted molar refractivity (Wildman–Crippen MR) is 130 cm³/mol. The fourth-order valence-electron chi connectivity index (χ4n) is 4.17. The van der Waals surface area contributed by atoms with E-state index in [-0.39, 0.29) is 17.8 Å². The Morgan fingerprint density at radius 3 is 2.74 bits per heavy atom. The van der Waals surface area contributed by atoms with Crippen molar-refractivity contribution in [2.75, 3.05) is 26.1 Å². The van der Waals surface area contributed by atoms with Gasteiger partial charge in [0.05, 0.1) is 25.3 Å². The van der Waals surface area contributed by atoms with Gasteiger partial charge in [0.25, 0.3) is 5.91 Å². The fourth-order valence-corrected chi connectivity index (χ4v) is 4.17. The van der Waals surface area contributed by atoms with Crippen molar-refractivity contribution in [1.29, 1.82) is 0 Å². The van der Waals surface area contributed by atoms with Crippen LogP contribution in [0.2, 0.25) is 0 Å². The van der Waals surface area contributed by atoms with Gasteiger partial charge in [0, 0.05) is 30.6 Å².